The predicted molar refractivity (Wildman–Crippen MR) is 67.5 cm³/mol. The third kappa shape index (κ3) is 2.11. The highest BCUT2D eigenvalue weighted by molar-refractivity contribution is 6.28. The summed E-state index contributed by atoms with van der Waals surface area (Å²) in [7, 11) is 0. The molecule has 1 heterocycles. The van der Waals surface area contributed by atoms with Gasteiger partial charge in [0, 0.05) is 0 Å². The van der Waals surface area contributed by atoms with Crippen LogP contribution < -0.4 is 5.73 Å². The Balaban J connectivity index is 2.43. The molecule has 3 amide bonds. The average molecular weight is 280 g/mol. The second kappa shape index (κ2) is 4.29. The lowest BCUT2D eigenvalue weighted by Gasteiger charge is -2.22. The quantitative estimate of drug-likeness (QED) is 0.579. The molecule has 1 aromatic rings. The molecule has 0 aromatic heterocycles. The molecule has 0 radical (unpaired) electrons. The Hall–Kier alpha value is -2.44. The second-order valence-corrected chi connectivity index (χ2v) is 5.32. The van der Waals surface area contributed by atoms with Gasteiger partial charge in [-0.1, -0.05) is 0 Å². The highest BCUT2D eigenvalue weighted by Gasteiger charge is 2.44. The SMILES string of the molecule is CC(C)(C)OC(=O)N1C(=O)c2ccc(N)c(F)c2C1=O. The third-order valence-corrected chi connectivity index (χ3v) is 2.60. The number of benzene rings is 1. The number of halogens is 1. The van der Waals surface area contributed by atoms with Crippen LogP contribution in [0.3, 0.4) is 0 Å². The van der Waals surface area contributed by atoms with Crippen molar-refractivity contribution in [2.45, 2.75) is 26.4 Å². The Morgan fingerprint density at radius 1 is 1.25 bits per heavy atom. The highest BCUT2D eigenvalue weighted by Crippen LogP contribution is 2.29. The number of nitrogen functional groups attached to an aromatic ring is 1. The minimum absolute atomic E-state index is 0.201. The number of ether oxygens (including phenoxy) is 1. The lowest BCUT2D eigenvalue weighted by Crippen LogP contribution is -2.40. The van der Waals surface area contributed by atoms with Gasteiger partial charge in [-0.15, -0.1) is 0 Å². The number of hydrogen-bond acceptors (Lipinski definition) is 5. The van der Waals surface area contributed by atoms with Gasteiger partial charge in [0.1, 0.15) is 5.60 Å². The summed E-state index contributed by atoms with van der Waals surface area (Å²) in [5.41, 5.74) is 3.50. The van der Waals surface area contributed by atoms with Crippen LogP contribution in [0.2, 0.25) is 0 Å². The maximum atomic E-state index is 13.8. The van der Waals surface area contributed by atoms with E-state index in [9.17, 15) is 18.8 Å². The molecule has 0 saturated carbocycles. The van der Waals surface area contributed by atoms with Crippen LogP contribution in [0.4, 0.5) is 14.9 Å². The molecule has 0 aliphatic carbocycles. The summed E-state index contributed by atoms with van der Waals surface area (Å²) in [4.78, 5) is 36.1. The van der Waals surface area contributed by atoms with E-state index in [-0.39, 0.29) is 16.2 Å². The molecule has 0 spiro atoms. The Morgan fingerprint density at radius 2 is 1.85 bits per heavy atom. The fraction of sp³-hybridized carbons (Fsp3) is 0.308. The van der Waals surface area contributed by atoms with E-state index in [1.807, 2.05) is 0 Å². The van der Waals surface area contributed by atoms with Crippen molar-refractivity contribution in [1.82, 2.24) is 4.90 Å². The summed E-state index contributed by atoms with van der Waals surface area (Å²) in [5.74, 6) is -2.99. The van der Waals surface area contributed by atoms with Crippen LogP contribution in [-0.4, -0.2) is 28.4 Å². The molecule has 106 valence electrons. The van der Waals surface area contributed by atoms with E-state index in [1.165, 1.54) is 6.07 Å². The highest BCUT2D eigenvalue weighted by atomic mass is 19.1. The maximum Gasteiger partial charge on any atom is 0.424 e. The Bertz CT molecular complexity index is 634. The van der Waals surface area contributed by atoms with Crippen LogP contribution in [0.1, 0.15) is 41.5 Å². The van der Waals surface area contributed by atoms with Crippen LogP contribution in [-0.2, 0) is 4.74 Å². The van der Waals surface area contributed by atoms with Gasteiger partial charge in [-0.25, -0.2) is 9.18 Å². The minimum atomic E-state index is -1.14. The smallest absolute Gasteiger partial charge is 0.424 e. The molecule has 0 saturated heterocycles. The molecular weight excluding hydrogens is 267 g/mol. The largest absolute Gasteiger partial charge is 0.443 e. The predicted octanol–water partition coefficient (Wildman–Crippen LogP) is 1.94. The van der Waals surface area contributed by atoms with Gasteiger partial charge in [-0.2, -0.15) is 4.90 Å². The third-order valence-electron chi connectivity index (χ3n) is 2.60. The number of nitrogens with two attached hydrogens (primary N) is 1. The van der Waals surface area contributed by atoms with Crippen molar-refractivity contribution in [2.75, 3.05) is 5.73 Å². The summed E-state index contributed by atoms with van der Waals surface area (Å²) in [6, 6.07) is 2.37. The summed E-state index contributed by atoms with van der Waals surface area (Å²) in [6.45, 7) is 4.75. The molecule has 1 aliphatic rings. The van der Waals surface area contributed by atoms with Gasteiger partial charge in [0.2, 0.25) is 0 Å². The van der Waals surface area contributed by atoms with Crippen molar-refractivity contribution in [3.63, 3.8) is 0 Å². The summed E-state index contributed by atoms with van der Waals surface area (Å²) < 4.78 is 18.8. The molecule has 2 N–H and O–H groups in total. The summed E-state index contributed by atoms with van der Waals surface area (Å²) in [5, 5.41) is 0. The zero-order valence-electron chi connectivity index (χ0n) is 11.2. The van der Waals surface area contributed by atoms with Crippen LogP contribution in [0.15, 0.2) is 12.1 Å². The fourth-order valence-electron chi connectivity index (χ4n) is 1.78. The van der Waals surface area contributed by atoms with Crippen molar-refractivity contribution >= 4 is 23.6 Å². The van der Waals surface area contributed by atoms with E-state index in [1.54, 1.807) is 20.8 Å². The number of imide groups is 3. The van der Waals surface area contributed by atoms with E-state index < -0.39 is 34.9 Å². The number of nitrogens with zero attached hydrogens (tertiary/aromatic N) is 1. The van der Waals surface area contributed by atoms with E-state index in [2.05, 4.69) is 0 Å². The zero-order valence-corrected chi connectivity index (χ0v) is 11.2. The number of fused-ring (bicyclic) bond motifs is 1. The van der Waals surface area contributed by atoms with Crippen molar-refractivity contribution < 1.29 is 23.5 Å². The molecule has 2 rings (SSSR count). The van der Waals surface area contributed by atoms with Crippen molar-refractivity contribution in [1.29, 1.82) is 0 Å². The second-order valence-electron chi connectivity index (χ2n) is 5.32. The van der Waals surface area contributed by atoms with Crippen molar-refractivity contribution in [3.8, 4) is 0 Å². The van der Waals surface area contributed by atoms with Gasteiger partial charge in [0.25, 0.3) is 11.8 Å². The topological polar surface area (TPSA) is 89.7 Å². The average Bonchev–Trinajstić information content (AvgIpc) is 2.54. The number of carbonyl (C=O) groups is 3. The van der Waals surface area contributed by atoms with Gasteiger partial charge >= 0.3 is 6.09 Å². The number of amides is 3. The van der Waals surface area contributed by atoms with Crippen LogP contribution in [0, 0.1) is 5.82 Å². The monoisotopic (exact) mass is 280 g/mol. The molecule has 0 atom stereocenters. The van der Waals surface area contributed by atoms with Gasteiger partial charge < -0.3 is 10.5 Å². The molecule has 0 fully saturated rings. The van der Waals surface area contributed by atoms with E-state index in [0.717, 1.165) is 6.07 Å². The van der Waals surface area contributed by atoms with Gasteiger partial charge in [0.05, 0.1) is 16.8 Å². The first-order valence-corrected chi connectivity index (χ1v) is 5.83. The maximum absolute atomic E-state index is 13.8. The van der Waals surface area contributed by atoms with Gasteiger partial charge in [-0.05, 0) is 32.9 Å². The summed E-state index contributed by atoms with van der Waals surface area (Å²) >= 11 is 0. The van der Waals surface area contributed by atoms with Gasteiger partial charge in [-0.3, -0.25) is 9.59 Å². The van der Waals surface area contributed by atoms with E-state index in [4.69, 9.17) is 10.5 Å². The molecule has 0 unspecified atom stereocenters. The van der Waals surface area contributed by atoms with Crippen LogP contribution in [0.25, 0.3) is 0 Å². The zero-order chi connectivity index (χ0) is 15.2. The molecule has 6 nitrogen and oxygen atoms in total. The Labute approximate surface area is 114 Å². The number of carbonyl (C=O) groups excluding carboxylic acids is 3. The normalized spacial score (nSPS) is 14.5. The summed E-state index contributed by atoms with van der Waals surface area (Å²) in [6.07, 6.45) is -1.14. The first-order chi connectivity index (χ1) is 9.13. The molecule has 1 aromatic carbocycles. The molecule has 1 aliphatic heterocycles. The van der Waals surface area contributed by atoms with Gasteiger partial charge in [0.15, 0.2) is 5.82 Å². The standard InChI is InChI=1S/C13H13FN2O4/c1-13(2,3)20-12(19)16-10(17)6-4-5-7(15)9(14)8(6)11(16)18/h4-5H,15H2,1-3H3. The van der Waals surface area contributed by atoms with Crippen LogP contribution >= 0.6 is 0 Å². The number of hydrogen-bond donors (Lipinski definition) is 1. The van der Waals surface area contributed by atoms with Crippen molar-refractivity contribution in [2.24, 2.45) is 0 Å². The Kier molecular flexibility index (Phi) is 3.00. The van der Waals surface area contributed by atoms with E-state index >= 15 is 0 Å². The molecular formula is C13H13FN2O4. The fourth-order valence-corrected chi connectivity index (χ4v) is 1.78. The van der Waals surface area contributed by atoms with Crippen molar-refractivity contribution in [3.05, 3.63) is 29.1 Å². The molecule has 20 heavy (non-hydrogen) atoms. The number of anilines is 1. The van der Waals surface area contributed by atoms with E-state index in [0.29, 0.717) is 0 Å². The Morgan fingerprint density at radius 3 is 2.40 bits per heavy atom. The van der Waals surface area contributed by atoms with Crippen LogP contribution in [0.5, 0.6) is 0 Å². The first kappa shape index (κ1) is 14.0. The molecule has 0 bridgehead atoms. The minimum Gasteiger partial charge on any atom is -0.443 e. The lowest BCUT2D eigenvalue weighted by atomic mass is 10.1. The lowest BCUT2D eigenvalue weighted by molar-refractivity contribution is 0.0255. The first-order valence-electron chi connectivity index (χ1n) is 5.83. The number of rotatable bonds is 0. The molecule has 7 heteroatoms.